The highest BCUT2D eigenvalue weighted by molar-refractivity contribution is 5.79. The van der Waals surface area contributed by atoms with Crippen LogP contribution in [0.1, 0.15) is 17.3 Å². The number of benzene rings is 1. The quantitative estimate of drug-likeness (QED) is 0.729. The normalized spacial score (nSPS) is 13.3. The van der Waals surface area contributed by atoms with Crippen molar-refractivity contribution in [2.45, 2.75) is 19.2 Å². The van der Waals surface area contributed by atoms with Gasteiger partial charge in [0.05, 0.1) is 5.56 Å². The molecular formula is C10H9F3O2. The van der Waals surface area contributed by atoms with E-state index in [1.165, 1.54) is 18.2 Å². The van der Waals surface area contributed by atoms with Gasteiger partial charge in [-0.2, -0.15) is 13.2 Å². The van der Waals surface area contributed by atoms with Gasteiger partial charge in [-0.3, -0.25) is 4.79 Å². The molecule has 0 bridgehead atoms. The minimum Gasteiger partial charge on any atom is -0.480 e. The Morgan fingerprint density at radius 2 is 1.93 bits per heavy atom. The van der Waals surface area contributed by atoms with Gasteiger partial charge < -0.3 is 4.74 Å². The summed E-state index contributed by atoms with van der Waals surface area (Å²) in [5.41, 5.74) is 0.105. The van der Waals surface area contributed by atoms with Crippen LogP contribution in [0.3, 0.4) is 0 Å². The summed E-state index contributed by atoms with van der Waals surface area (Å²) in [7, 11) is 0. The first-order valence-corrected chi connectivity index (χ1v) is 4.22. The molecule has 0 aliphatic rings. The third-order valence-electron chi connectivity index (χ3n) is 1.81. The van der Waals surface area contributed by atoms with E-state index in [0.717, 1.165) is 6.92 Å². The van der Waals surface area contributed by atoms with Crippen molar-refractivity contribution in [2.75, 3.05) is 0 Å². The van der Waals surface area contributed by atoms with Gasteiger partial charge in [0.15, 0.2) is 12.4 Å². The van der Waals surface area contributed by atoms with Crippen molar-refractivity contribution < 1.29 is 22.7 Å². The second-order valence-corrected chi connectivity index (χ2v) is 2.96. The van der Waals surface area contributed by atoms with Crippen LogP contribution in [0, 0.1) is 0 Å². The maximum absolute atomic E-state index is 12.2. The fourth-order valence-electron chi connectivity index (χ4n) is 0.942. The van der Waals surface area contributed by atoms with E-state index in [1.54, 1.807) is 6.07 Å². The number of hydrogen-bond acceptors (Lipinski definition) is 2. The van der Waals surface area contributed by atoms with Gasteiger partial charge in [-0.1, -0.05) is 12.1 Å². The summed E-state index contributed by atoms with van der Waals surface area (Å²) in [6, 6.07) is 5.78. The highest BCUT2D eigenvalue weighted by Crippen LogP contribution is 2.26. The van der Waals surface area contributed by atoms with Crippen LogP contribution in [-0.4, -0.2) is 18.6 Å². The average Bonchev–Trinajstić information content (AvgIpc) is 2.17. The Bertz CT molecular complexity index is 347. The molecule has 82 valence electrons. The number of aldehydes is 1. The first-order chi connectivity index (χ1) is 6.95. The number of rotatable bonds is 3. The Morgan fingerprint density at radius 3 is 2.47 bits per heavy atom. The van der Waals surface area contributed by atoms with E-state index in [2.05, 4.69) is 4.74 Å². The van der Waals surface area contributed by atoms with Crippen molar-refractivity contribution in [3.63, 3.8) is 0 Å². The summed E-state index contributed by atoms with van der Waals surface area (Å²) < 4.78 is 41.1. The highest BCUT2D eigenvalue weighted by atomic mass is 19.4. The summed E-state index contributed by atoms with van der Waals surface area (Å²) in [5, 5.41) is 0. The molecule has 15 heavy (non-hydrogen) atoms. The zero-order chi connectivity index (χ0) is 11.5. The van der Waals surface area contributed by atoms with Gasteiger partial charge in [0, 0.05) is 0 Å². The second-order valence-electron chi connectivity index (χ2n) is 2.96. The number of ether oxygens (including phenoxy) is 1. The highest BCUT2D eigenvalue weighted by Gasteiger charge is 2.38. The maximum Gasteiger partial charge on any atom is 0.425 e. The Kier molecular flexibility index (Phi) is 3.34. The van der Waals surface area contributed by atoms with Gasteiger partial charge in [0.2, 0.25) is 0 Å². The molecule has 0 saturated heterocycles. The van der Waals surface area contributed by atoms with E-state index in [4.69, 9.17) is 0 Å². The topological polar surface area (TPSA) is 26.3 Å². The van der Waals surface area contributed by atoms with Gasteiger partial charge >= 0.3 is 6.18 Å². The van der Waals surface area contributed by atoms with Crippen LogP contribution in [0.5, 0.6) is 5.75 Å². The smallest absolute Gasteiger partial charge is 0.425 e. The molecule has 0 aliphatic carbocycles. The molecule has 1 unspecified atom stereocenters. The van der Waals surface area contributed by atoms with Gasteiger partial charge in [-0.25, -0.2) is 0 Å². The van der Waals surface area contributed by atoms with Crippen LogP contribution >= 0.6 is 0 Å². The Hall–Kier alpha value is -1.52. The Labute approximate surface area is 84.7 Å². The molecule has 5 heteroatoms. The molecule has 0 fully saturated rings. The summed E-state index contributed by atoms with van der Waals surface area (Å²) >= 11 is 0. The molecule has 0 heterocycles. The fourth-order valence-corrected chi connectivity index (χ4v) is 0.942. The van der Waals surface area contributed by atoms with E-state index in [-0.39, 0.29) is 11.3 Å². The summed E-state index contributed by atoms with van der Waals surface area (Å²) in [6.45, 7) is 0.890. The van der Waals surface area contributed by atoms with Crippen molar-refractivity contribution >= 4 is 6.29 Å². The minimum absolute atomic E-state index is 0.0580. The molecule has 0 aromatic heterocycles. The second kappa shape index (κ2) is 4.33. The van der Waals surface area contributed by atoms with Gasteiger partial charge in [0.25, 0.3) is 0 Å². The predicted octanol–water partition coefficient (Wildman–Crippen LogP) is 2.83. The van der Waals surface area contributed by atoms with E-state index in [1.807, 2.05) is 0 Å². The molecule has 0 saturated carbocycles. The zero-order valence-electron chi connectivity index (χ0n) is 7.91. The largest absolute Gasteiger partial charge is 0.480 e. The first-order valence-electron chi connectivity index (χ1n) is 4.22. The molecule has 0 radical (unpaired) electrons. The number of para-hydroxylation sites is 1. The van der Waals surface area contributed by atoms with Gasteiger partial charge in [0.1, 0.15) is 5.75 Å². The molecule has 1 rings (SSSR count). The summed E-state index contributed by atoms with van der Waals surface area (Å²) in [6.07, 6.45) is -5.91. The molecule has 0 amide bonds. The molecule has 0 spiro atoms. The number of hydrogen-bond donors (Lipinski definition) is 0. The minimum atomic E-state index is -4.43. The molecule has 0 aliphatic heterocycles. The van der Waals surface area contributed by atoms with E-state index < -0.39 is 12.3 Å². The van der Waals surface area contributed by atoms with Gasteiger partial charge in [-0.15, -0.1) is 0 Å². The van der Waals surface area contributed by atoms with Crippen molar-refractivity contribution in [3.8, 4) is 5.75 Å². The lowest BCUT2D eigenvalue weighted by Gasteiger charge is -2.18. The SMILES string of the molecule is CC(Oc1ccccc1C=O)C(F)(F)F. The lowest BCUT2D eigenvalue weighted by molar-refractivity contribution is -0.189. The monoisotopic (exact) mass is 218 g/mol. The molecule has 1 aromatic carbocycles. The molecule has 2 nitrogen and oxygen atoms in total. The summed E-state index contributed by atoms with van der Waals surface area (Å²) in [4.78, 5) is 10.5. The van der Waals surface area contributed by atoms with Crippen molar-refractivity contribution in [2.24, 2.45) is 0 Å². The van der Waals surface area contributed by atoms with Gasteiger partial charge in [-0.05, 0) is 19.1 Å². The van der Waals surface area contributed by atoms with Crippen LogP contribution in [0.25, 0.3) is 0 Å². The molecule has 1 atom stereocenters. The average molecular weight is 218 g/mol. The predicted molar refractivity (Wildman–Crippen MR) is 48.0 cm³/mol. The van der Waals surface area contributed by atoms with E-state index in [0.29, 0.717) is 6.29 Å². The van der Waals surface area contributed by atoms with Crippen molar-refractivity contribution in [1.29, 1.82) is 0 Å². The third-order valence-corrected chi connectivity index (χ3v) is 1.81. The first kappa shape index (κ1) is 11.6. The van der Waals surface area contributed by atoms with Crippen molar-refractivity contribution in [1.82, 2.24) is 0 Å². The molecule has 0 N–H and O–H groups in total. The summed E-state index contributed by atoms with van der Waals surface area (Å²) in [5.74, 6) is -0.0580. The Morgan fingerprint density at radius 1 is 1.33 bits per heavy atom. The molecular weight excluding hydrogens is 209 g/mol. The van der Waals surface area contributed by atoms with Crippen LogP contribution in [0.15, 0.2) is 24.3 Å². The van der Waals surface area contributed by atoms with Crippen LogP contribution in [0.4, 0.5) is 13.2 Å². The van der Waals surface area contributed by atoms with E-state index in [9.17, 15) is 18.0 Å². The number of carbonyl (C=O) groups is 1. The molecule has 1 aromatic rings. The van der Waals surface area contributed by atoms with Crippen LogP contribution < -0.4 is 4.74 Å². The van der Waals surface area contributed by atoms with Crippen LogP contribution in [-0.2, 0) is 0 Å². The fraction of sp³-hybridized carbons (Fsp3) is 0.300. The number of halogens is 3. The maximum atomic E-state index is 12.2. The standard InChI is InChI=1S/C10H9F3O2/c1-7(10(11,12)13)15-9-5-3-2-4-8(9)6-14/h2-7H,1H3. The van der Waals surface area contributed by atoms with E-state index >= 15 is 0 Å². The third kappa shape index (κ3) is 2.97. The zero-order valence-corrected chi connectivity index (χ0v) is 7.91. The van der Waals surface area contributed by atoms with Crippen LogP contribution in [0.2, 0.25) is 0 Å². The van der Waals surface area contributed by atoms with Crippen molar-refractivity contribution in [3.05, 3.63) is 29.8 Å². The number of alkyl halides is 3. The number of carbonyl (C=O) groups excluding carboxylic acids is 1. The Balaban J connectivity index is 2.85. The lowest BCUT2D eigenvalue weighted by Crippen LogP contribution is -2.31. The lowest BCUT2D eigenvalue weighted by atomic mass is 10.2.